The quantitative estimate of drug-likeness (QED) is 0.449. The van der Waals surface area contributed by atoms with E-state index in [0.29, 0.717) is 22.2 Å². The molecular weight excluding hydrogens is 206 g/mol. The fourth-order valence-electron chi connectivity index (χ4n) is 1.87. The topological polar surface area (TPSA) is 73.3 Å². The second-order valence-corrected chi connectivity index (χ2v) is 3.67. The number of carbonyl (C=O) groups excluding carboxylic acids is 1. The van der Waals surface area contributed by atoms with Gasteiger partial charge in [0.1, 0.15) is 11.1 Å². The van der Waals surface area contributed by atoms with Gasteiger partial charge in [-0.25, -0.2) is 4.79 Å². The van der Waals surface area contributed by atoms with Gasteiger partial charge in [-0.05, 0) is 31.5 Å². The number of aryl methyl sites for hydroxylation is 1. The Kier molecular flexibility index (Phi) is 2.27. The van der Waals surface area contributed by atoms with E-state index in [1.54, 1.807) is 25.1 Å². The lowest BCUT2D eigenvalue weighted by molar-refractivity contribution is 0.101. The smallest absolute Gasteiger partial charge is 0.347 e. The molecule has 2 N–H and O–H groups in total. The van der Waals surface area contributed by atoms with E-state index in [0.717, 1.165) is 0 Å². The van der Waals surface area contributed by atoms with Crippen LogP contribution in [0, 0.1) is 6.92 Å². The molecule has 82 valence electrons. The van der Waals surface area contributed by atoms with E-state index in [1.165, 1.54) is 6.92 Å². The highest BCUT2D eigenvalue weighted by molar-refractivity contribution is 6.02. The number of rotatable bonds is 1. The van der Waals surface area contributed by atoms with Crippen molar-refractivity contribution < 1.29 is 9.21 Å². The minimum absolute atomic E-state index is 0.0744. The van der Waals surface area contributed by atoms with Gasteiger partial charge in [0.15, 0.2) is 5.78 Å². The SMILES string of the molecule is CC(=O)c1c(C)c2c(N)cccc2oc1=O. The zero-order valence-electron chi connectivity index (χ0n) is 9.03. The molecule has 0 aliphatic heterocycles. The van der Waals surface area contributed by atoms with Gasteiger partial charge in [0.05, 0.1) is 0 Å². The number of fused-ring (bicyclic) bond motifs is 1. The van der Waals surface area contributed by atoms with Crippen LogP contribution in [0.25, 0.3) is 11.0 Å². The molecule has 0 amide bonds. The van der Waals surface area contributed by atoms with Crippen molar-refractivity contribution in [1.82, 2.24) is 0 Å². The largest absolute Gasteiger partial charge is 0.422 e. The van der Waals surface area contributed by atoms with Gasteiger partial charge in [0.2, 0.25) is 0 Å². The summed E-state index contributed by atoms with van der Waals surface area (Å²) >= 11 is 0. The number of carbonyl (C=O) groups is 1. The summed E-state index contributed by atoms with van der Waals surface area (Å²) in [5.41, 5.74) is 6.76. The van der Waals surface area contributed by atoms with Gasteiger partial charge in [0, 0.05) is 11.1 Å². The Hall–Kier alpha value is -2.10. The van der Waals surface area contributed by atoms with Gasteiger partial charge in [-0.3, -0.25) is 4.79 Å². The van der Waals surface area contributed by atoms with E-state index in [-0.39, 0.29) is 11.3 Å². The number of nitrogen functional groups attached to an aromatic ring is 1. The molecule has 4 nitrogen and oxygen atoms in total. The molecule has 0 spiro atoms. The molecule has 1 aromatic carbocycles. The normalized spacial score (nSPS) is 10.6. The Morgan fingerprint density at radius 1 is 1.38 bits per heavy atom. The number of benzene rings is 1. The minimum Gasteiger partial charge on any atom is -0.422 e. The third kappa shape index (κ3) is 1.39. The average Bonchev–Trinajstić information content (AvgIpc) is 2.15. The number of hydrogen-bond acceptors (Lipinski definition) is 4. The van der Waals surface area contributed by atoms with Gasteiger partial charge in [-0.1, -0.05) is 6.07 Å². The van der Waals surface area contributed by atoms with Crippen LogP contribution in [0.4, 0.5) is 5.69 Å². The predicted molar refractivity (Wildman–Crippen MR) is 61.6 cm³/mol. The van der Waals surface area contributed by atoms with E-state index in [2.05, 4.69) is 0 Å². The summed E-state index contributed by atoms with van der Waals surface area (Å²) in [7, 11) is 0. The zero-order chi connectivity index (χ0) is 11.9. The molecule has 0 fully saturated rings. The molecule has 0 bridgehead atoms. The zero-order valence-corrected chi connectivity index (χ0v) is 9.03. The number of nitrogens with two attached hydrogens (primary N) is 1. The lowest BCUT2D eigenvalue weighted by Gasteiger charge is -2.06. The first-order valence-corrected chi connectivity index (χ1v) is 4.85. The van der Waals surface area contributed by atoms with Crippen molar-refractivity contribution in [3.63, 3.8) is 0 Å². The van der Waals surface area contributed by atoms with Gasteiger partial charge >= 0.3 is 5.63 Å². The molecule has 1 heterocycles. The van der Waals surface area contributed by atoms with E-state index < -0.39 is 5.63 Å². The Balaban J connectivity index is 3.03. The van der Waals surface area contributed by atoms with Gasteiger partial charge < -0.3 is 10.2 Å². The first-order valence-electron chi connectivity index (χ1n) is 4.85. The Morgan fingerprint density at radius 2 is 2.06 bits per heavy atom. The van der Waals surface area contributed by atoms with Crippen LogP contribution in [0.1, 0.15) is 22.8 Å². The predicted octanol–water partition coefficient (Wildman–Crippen LogP) is 1.89. The number of Topliss-reactive ketones (excluding diaryl/α,β-unsaturated/α-hetero) is 1. The van der Waals surface area contributed by atoms with E-state index in [4.69, 9.17) is 10.2 Å². The summed E-state index contributed by atoms with van der Waals surface area (Å²) in [6, 6.07) is 5.07. The Labute approximate surface area is 91.7 Å². The summed E-state index contributed by atoms with van der Waals surface area (Å²) in [6.45, 7) is 3.04. The van der Waals surface area contributed by atoms with Crippen LogP contribution in [0.2, 0.25) is 0 Å². The molecule has 16 heavy (non-hydrogen) atoms. The highest BCUT2D eigenvalue weighted by Crippen LogP contribution is 2.25. The summed E-state index contributed by atoms with van der Waals surface area (Å²) < 4.78 is 5.06. The van der Waals surface area contributed by atoms with Crippen molar-refractivity contribution in [2.45, 2.75) is 13.8 Å². The number of hydrogen-bond donors (Lipinski definition) is 1. The summed E-state index contributed by atoms with van der Waals surface area (Å²) in [5.74, 6) is -0.309. The van der Waals surface area contributed by atoms with Crippen LogP contribution in [-0.2, 0) is 0 Å². The molecule has 0 atom stereocenters. The van der Waals surface area contributed by atoms with E-state index >= 15 is 0 Å². The second kappa shape index (κ2) is 3.48. The molecule has 2 aromatic rings. The van der Waals surface area contributed by atoms with Gasteiger partial charge in [0.25, 0.3) is 0 Å². The second-order valence-electron chi connectivity index (χ2n) is 3.67. The first kappa shape index (κ1) is 10.4. The van der Waals surface area contributed by atoms with Crippen molar-refractivity contribution >= 4 is 22.4 Å². The summed E-state index contributed by atoms with van der Waals surface area (Å²) in [4.78, 5) is 22.9. The van der Waals surface area contributed by atoms with Crippen LogP contribution in [0.3, 0.4) is 0 Å². The highest BCUT2D eigenvalue weighted by Gasteiger charge is 2.15. The number of anilines is 1. The third-order valence-corrected chi connectivity index (χ3v) is 2.57. The Morgan fingerprint density at radius 3 is 2.69 bits per heavy atom. The molecule has 1 aromatic heterocycles. The fraction of sp³-hybridized carbons (Fsp3) is 0.167. The maximum Gasteiger partial charge on any atom is 0.347 e. The molecule has 0 radical (unpaired) electrons. The van der Waals surface area contributed by atoms with Crippen molar-refractivity contribution in [2.24, 2.45) is 0 Å². The van der Waals surface area contributed by atoms with Crippen LogP contribution in [-0.4, -0.2) is 5.78 Å². The van der Waals surface area contributed by atoms with Gasteiger partial charge in [-0.2, -0.15) is 0 Å². The maximum absolute atomic E-state index is 11.6. The lowest BCUT2D eigenvalue weighted by Crippen LogP contribution is -2.14. The van der Waals surface area contributed by atoms with Crippen LogP contribution in [0.5, 0.6) is 0 Å². The standard InChI is InChI=1S/C12H11NO3/c1-6-10(7(2)14)12(15)16-9-5-3-4-8(13)11(6)9/h3-5H,13H2,1-2H3. The van der Waals surface area contributed by atoms with E-state index in [9.17, 15) is 9.59 Å². The van der Waals surface area contributed by atoms with E-state index in [1.807, 2.05) is 0 Å². The van der Waals surface area contributed by atoms with Crippen molar-refractivity contribution in [3.8, 4) is 0 Å². The molecule has 0 aliphatic rings. The molecule has 0 saturated heterocycles. The maximum atomic E-state index is 11.6. The van der Waals surface area contributed by atoms with Crippen LogP contribution in [0.15, 0.2) is 27.4 Å². The average molecular weight is 217 g/mol. The summed E-state index contributed by atoms with van der Waals surface area (Å²) in [5, 5.41) is 0.632. The molecule has 2 rings (SSSR count). The molecule has 0 unspecified atom stereocenters. The molecule has 0 aliphatic carbocycles. The molecule has 4 heteroatoms. The number of ketones is 1. The van der Waals surface area contributed by atoms with Gasteiger partial charge in [-0.15, -0.1) is 0 Å². The van der Waals surface area contributed by atoms with Crippen molar-refractivity contribution in [2.75, 3.05) is 5.73 Å². The molecule has 0 saturated carbocycles. The lowest BCUT2D eigenvalue weighted by atomic mass is 10.0. The van der Waals surface area contributed by atoms with Crippen LogP contribution < -0.4 is 11.4 Å². The Bertz CT molecular complexity index is 640. The van der Waals surface area contributed by atoms with Crippen LogP contribution >= 0.6 is 0 Å². The molecular formula is C12H11NO3. The minimum atomic E-state index is -0.608. The monoisotopic (exact) mass is 217 g/mol. The first-order chi connectivity index (χ1) is 7.52. The fourth-order valence-corrected chi connectivity index (χ4v) is 1.87. The van der Waals surface area contributed by atoms with Crippen molar-refractivity contribution in [1.29, 1.82) is 0 Å². The summed E-state index contributed by atoms with van der Waals surface area (Å²) in [6.07, 6.45) is 0. The highest BCUT2D eigenvalue weighted by atomic mass is 16.4. The van der Waals surface area contributed by atoms with Crippen molar-refractivity contribution in [3.05, 3.63) is 39.7 Å². The third-order valence-electron chi connectivity index (χ3n) is 2.57.